The Kier molecular flexibility index (Phi) is 5.35. The molecule has 0 heterocycles. The first-order valence-corrected chi connectivity index (χ1v) is 6.07. The Hall–Kier alpha value is -1.69. The fraction of sp³-hybridized carbons (Fsp3) is 0.273. The summed E-state index contributed by atoms with van der Waals surface area (Å²) in [6.07, 6.45) is 0.389. The Morgan fingerprint density at radius 2 is 2.06 bits per heavy atom. The minimum Gasteiger partial charge on any atom is -0.508 e. The van der Waals surface area contributed by atoms with Gasteiger partial charge in [0.05, 0.1) is 0 Å². The summed E-state index contributed by atoms with van der Waals surface area (Å²) in [5, 5.41) is 20.1. The molecule has 6 heteroatoms. The Balaban J connectivity index is 2.37. The predicted octanol–water partition coefficient (Wildman–Crippen LogP) is 0.825. The standard InChI is InChI=1S/C11H13NO4S/c13-7-12-10(11(15)16)6-17-5-8-1-3-9(14)4-2-8/h1-4,7,10,14H,5-6H2,(H,12,13)(H,15,16). The number of rotatable bonds is 7. The zero-order chi connectivity index (χ0) is 12.7. The van der Waals surface area contributed by atoms with Crippen LogP contribution in [0.1, 0.15) is 5.56 Å². The van der Waals surface area contributed by atoms with Gasteiger partial charge in [-0.25, -0.2) is 4.79 Å². The molecule has 17 heavy (non-hydrogen) atoms. The van der Waals surface area contributed by atoms with Crippen molar-refractivity contribution >= 4 is 24.1 Å². The molecule has 0 spiro atoms. The van der Waals surface area contributed by atoms with E-state index >= 15 is 0 Å². The first-order valence-electron chi connectivity index (χ1n) is 4.91. The van der Waals surface area contributed by atoms with E-state index in [0.717, 1.165) is 5.56 Å². The number of carbonyl (C=O) groups is 2. The zero-order valence-electron chi connectivity index (χ0n) is 9.00. The highest BCUT2D eigenvalue weighted by Gasteiger charge is 2.15. The molecular formula is C11H13NO4S. The summed E-state index contributed by atoms with van der Waals surface area (Å²) < 4.78 is 0. The van der Waals surface area contributed by atoms with E-state index in [1.807, 2.05) is 0 Å². The third kappa shape index (κ3) is 4.78. The quantitative estimate of drug-likeness (QED) is 0.628. The number of nitrogens with one attached hydrogen (secondary N) is 1. The average Bonchev–Trinajstić information content (AvgIpc) is 2.30. The SMILES string of the molecule is O=CNC(CSCc1ccc(O)cc1)C(=O)O. The van der Waals surface area contributed by atoms with Crippen LogP contribution in [-0.4, -0.2) is 34.4 Å². The number of amides is 1. The molecule has 0 aliphatic carbocycles. The molecule has 0 fully saturated rings. The fourth-order valence-corrected chi connectivity index (χ4v) is 2.18. The van der Waals surface area contributed by atoms with Gasteiger partial charge in [0.1, 0.15) is 11.8 Å². The molecule has 1 unspecified atom stereocenters. The van der Waals surface area contributed by atoms with Gasteiger partial charge in [-0.05, 0) is 17.7 Å². The van der Waals surface area contributed by atoms with Crippen molar-refractivity contribution in [3.8, 4) is 5.75 Å². The molecular weight excluding hydrogens is 242 g/mol. The van der Waals surface area contributed by atoms with E-state index in [9.17, 15) is 9.59 Å². The van der Waals surface area contributed by atoms with Gasteiger partial charge in [0.15, 0.2) is 0 Å². The second-order valence-electron chi connectivity index (χ2n) is 3.36. The summed E-state index contributed by atoms with van der Waals surface area (Å²) >= 11 is 1.40. The molecule has 0 saturated carbocycles. The fourth-order valence-electron chi connectivity index (χ4n) is 1.16. The van der Waals surface area contributed by atoms with E-state index in [2.05, 4.69) is 5.32 Å². The van der Waals surface area contributed by atoms with Crippen LogP contribution in [0, 0.1) is 0 Å². The molecule has 0 aliphatic rings. The number of hydrogen-bond acceptors (Lipinski definition) is 4. The number of aliphatic carboxylic acids is 1. The third-order valence-electron chi connectivity index (χ3n) is 2.06. The lowest BCUT2D eigenvalue weighted by Crippen LogP contribution is -2.37. The molecule has 3 N–H and O–H groups in total. The first kappa shape index (κ1) is 13.4. The van der Waals surface area contributed by atoms with Gasteiger partial charge in [0, 0.05) is 11.5 Å². The summed E-state index contributed by atoms with van der Waals surface area (Å²) in [4.78, 5) is 20.9. The Morgan fingerprint density at radius 3 is 2.59 bits per heavy atom. The number of carboxylic acid groups (broad SMARTS) is 1. The van der Waals surface area contributed by atoms with E-state index in [4.69, 9.17) is 10.2 Å². The number of phenols is 1. The van der Waals surface area contributed by atoms with E-state index in [-0.39, 0.29) is 5.75 Å². The van der Waals surface area contributed by atoms with Gasteiger partial charge >= 0.3 is 5.97 Å². The van der Waals surface area contributed by atoms with Gasteiger partial charge < -0.3 is 15.5 Å². The van der Waals surface area contributed by atoms with Crippen molar-refractivity contribution in [1.82, 2.24) is 5.32 Å². The maximum absolute atomic E-state index is 10.7. The third-order valence-corrected chi connectivity index (χ3v) is 3.16. The maximum Gasteiger partial charge on any atom is 0.327 e. The van der Waals surface area contributed by atoms with Crippen LogP contribution in [0.15, 0.2) is 24.3 Å². The zero-order valence-corrected chi connectivity index (χ0v) is 9.81. The second kappa shape index (κ2) is 6.80. The minimum absolute atomic E-state index is 0.199. The van der Waals surface area contributed by atoms with Crippen LogP contribution in [0.4, 0.5) is 0 Å². The van der Waals surface area contributed by atoms with Gasteiger partial charge in [-0.3, -0.25) is 4.79 Å². The molecule has 92 valence electrons. The lowest BCUT2D eigenvalue weighted by atomic mass is 10.2. The van der Waals surface area contributed by atoms with Crippen molar-refractivity contribution in [3.63, 3.8) is 0 Å². The van der Waals surface area contributed by atoms with Crippen molar-refractivity contribution < 1.29 is 19.8 Å². The molecule has 1 atom stereocenters. The number of aromatic hydroxyl groups is 1. The number of carbonyl (C=O) groups excluding carboxylic acids is 1. The summed E-state index contributed by atoms with van der Waals surface area (Å²) in [5.41, 5.74) is 0.989. The van der Waals surface area contributed by atoms with Gasteiger partial charge in [0.2, 0.25) is 6.41 Å². The lowest BCUT2D eigenvalue weighted by molar-refractivity contribution is -0.139. The largest absolute Gasteiger partial charge is 0.508 e. The summed E-state index contributed by atoms with van der Waals surface area (Å²) in [5.74, 6) is 0.0830. The van der Waals surface area contributed by atoms with Gasteiger partial charge in [-0.15, -0.1) is 0 Å². The van der Waals surface area contributed by atoms with E-state index in [0.29, 0.717) is 17.9 Å². The van der Waals surface area contributed by atoms with Crippen molar-refractivity contribution in [2.75, 3.05) is 5.75 Å². The van der Waals surface area contributed by atoms with E-state index in [1.54, 1.807) is 24.3 Å². The number of benzene rings is 1. The maximum atomic E-state index is 10.7. The number of thioether (sulfide) groups is 1. The predicted molar refractivity (Wildman–Crippen MR) is 64.9 cm³/mol. The monoisotopic (exact) mass is 255 g/mol. The average molecular weight is 255 g/mol. The molecule has 0 bridgehead atoms. The number of hydrogen-bond donors (Lipinski definition) is 3. The molecule has 0 aliphatic heterocycles. The molecule has 1 aromatic carbocycles. The van der Waals surface area contributed by atoms with Crippen molar-refractivity contribution in [3.05, 3.63) is 29.8 Å². The van der Waals surface area contributed by atoms with Crippen LogP contribution >= 0.6 is 11.8 Å². The summed E-state index contributed by atoms with van der Waals surface area (Å²) in [6.45, 7) is 0. The Bertz CT molecular complexity index is 380. The summed E-state index contributed by atoms with van der Waals surface area (Å²) in [6, 6.07) is 5.83. The van der Waals surface area contributed by atoms with Crippen molar-refractivity contribution in [2.24, 2.45) is 0 Å². The number of carboxylic acids is 1. The highest BCUT2D eigenvalue weighted by Crippen LogP contribution is 2.16. The Labute approximate surface area is 103 Å². The van der Waals surface area contributed by atoms with Crippen molar-refractivity contribution in [2.45, 2.75) is 11.8 Å². The molecule has 1 amide bonds. The molecule has 1 rings (SSSR count). The summed E-state index contributed by atoms with van der Waals surface area (Å²) in [7, 11) is 0. The minimum atomic E-state index is -1.05. The van der Waals surface area contributed by atoms with Crippen LogP contribution in [-0.2, 0) is 15.3 Å². The van der Waals surface area contributed by atoms with E-state index < -0.39 is 12.0 Å². The van der Waals surface area contributed by atoms with Crippen LogP contribution in [0.5, 0.6) is 5.75 Å². The molecule has 1 aromatic rings. The van der Waals surface area contributed by atoms with Crippen LogP contribution in [0.3, 0.4) is 0 Å². The highest BCUT2D eigenvalue weighted by atomic mass is 32.2. The van der Waals surface area contributed by atoms with Crippen LogP contribution < -0.4 is 5.32 Å². The molecule has 0 saturated heterocycles. The van der Waals surface area contributed by atoms with Gasteiger partial charge in [0.25, 0.3) is 0 Å². The Morgan fingerprint density at radius 1 is 1.41 bits per heavy atom. The van der Waals surface area contributed by atoms with Crippen molar-refractivity contribution in [1.29, 1.82) is 0 Å². The lowest BCUT2D eigenvalue weighted by Gasteiger charge is -2.10. The molecule has 5 nitrogen and oxygen atoms in total. The second-order valence-corrected chi connectivity index (χ2v) is 4.39. The molecule has 0 aromatic heterocycles. The normalized spacial score (nSPS) is 11.8. The van der Waals surface area contributed by atoms with Crippen LogP contribution in [0.25, 0.3) is 0 Å². The first-order chi connectivity index (χ1) is 8.13. The topological polar surface area (TPSA) is 86.6 Å². The smallest absolute Gasteiger partial charge is 0.327 e. The van der Waals surface area contributed by atoms with Crippen LogP contribution in [0.2, 0.25) is 0 Å². The van der Waals surface area contributed by atoms with E-state index in [1.165, 1.54) is 11.8 Å². The van der Waals surface area contributed by atoms with Gasteiger partial charge in [-0.2, -0.15) is 11.8 Å². The number of phenolic OH excluding ortho intramolecular Hbond substituents is 1. The highest BCUT2D eigenvalue weighted by molar-refractivity contribution is 7.98. The van der Waals surface area contributed by atoms with Gasteiger partial charge in [-0.1, -0.05) is 12.1 Å². The molecule has 0 radical (unpaired) electrons.